The molecule has 0 N–H and O–H groups in total. The second kappa shape index (κ2) is 8.23. The highest BCUT2D eigenvalue weighted by atomic mass is 19.1. The molecule has 0 saturated carbocycles. The third kappa shape index (κ3) is 4.76. The van der Waals surface area contributed by atoms with Crippen molar-refractivity contribution in [2.24, 2.45) is 0 Å². The maximum Gasteiger partial charge on any atom is 0.337 e. The minimum absolute atomic E-state index is 0.00894. The first-order valence-corrected chi connectivity index (χ1v) is 7.35. The summed E-state index contributed by atoms with van der Waals surface area (Å²) in [7, 11) is 2.60. The van der Waals surface area contributed by atoms with Crippen LogP contribution in [0.2, 0.25) is 0 Å². The van der Waals surface area contributed by atoms with Crippen molar-refractivity contribution in [1.82, 2.24) is 0 Å². The topological polar surface area (TPSA) is 61.8 Å². The molecule has 7 heteroatoms. The lowest BCUT2D eigenvalue weighted by atomic mass is 10.1. The van der Waals surface area contributed by atoms with E-state index in [2.05, 4.69) is 4.74 Å². The number of rotatable bonds is 6. The van der Waals surface area contributed by atoms with Crippen LogP contribution >= 0.6 is 0 Å². The number of carbonyl (C=O) groups is 2. The molecule has 0 bridgehead atoms. The van der Waals surface area contributed by atoms with Gasteiger partial charge in [0.1, 0.15) is 11.6 Å². The number of esters is 2. The summed E-state index contributed by atoms with van der Waals surface area (Å²) in [6.07, 6.45) is -0.159. The predicted molar refractivity (Wildman–Crippen MR) is 84.6 cm³/mol. The summed E-state index contributed by atoms with van der Waals surface area (Å²) >= 11 is 0. The first-order valence-electron chi connectivity index (χ1n) is 7.35. The number of ether oxygens (including phenoxy) is 3. The lowest BCUT2D eigenvalue weighted by Crippen LogP contribution is -2.11. The zero-order valence-corrected chi connectivity index (χ0v) is 13.7. The van der Waals surface area contributed by atoms with Crippen molar-refractivity contribution >= 4 is 11.9 Å². The van der Waals surface area contributed by atoms with Gasteiger partial charge in [-0.15, -0.1) is 0 Å². The number of benzene rings is 2. The molecule has 2 aromatic carbocycles. The fourth-order valence-electron chi connectivity index (χ4n) is 2.14. The van der Waals surface area contributed by atoms with E-state index in [-0.39, 0.29) is 35.5 Å². The SMILES string of the molecule is COC(=O)c1ccc(OC(=O)CCc2cc(F)ccc2F)c(OC)c1. The Morgan fingerprint density at radius 3 is 2.44 bits per heavy atom. The van der Waals surface area contributed by atoms with E-state index in [1.54, 1.807) is 0 Å². The molecule has 0 unspecified atom stereocenters. The zero-order chi connectivity index (χ0) is 18.4. The average Bonchev–Trinajstić information content (AvgIpc) is 2.62. The van der Waals surface area contributed by atoms with Crippen LogP contribution in [0.3, 0.4) is 0 Å². The summed E-state index contributed by atoms with van der Waals surface area (Å²) in [5, 5.41) is 0. The summed E-state index contributed by atoms with van der Waals surface area (Å²) in [4.78, 5) is 23.4. The van der Waals surface area contributed by atoms with Gasteiger partial charge in [-0.2, -0.15) is 0 Å². The molecule has 25 heavy (non-hydrogen) atoms. The van der Waals surface area contributed by atoms with Crippen LogP contribution in [-0.4, -0.2) is 26.2 Å². The molecule has 0 fully saturated rings. The predicted octanol–water partition coefficient (Wildman–Crippen LogP) is 3.30. The van der Waals surface area contributed by atoms with Crippen molar-refractivity contribution < 1.29 is 32.6 Å². The minimum atomic E-state index is -0.646. The average molecular weight is 350 g/mol. The van der Waals surface area contributed by atoms with Crippen LogP contribution in [0.1, 0.15) is 22.3 Å². The summed E-state index contributed by atoms with van der Waals surface area (Å²) in [5.41, 5.74) is 0.325. The normalized spacial score (nSPS) is 10.2. The second-order valence-electron chi connectivity index (χ2n) is 5.07. The van der Waals surface area contributed by atoms with Crippen molar-refractivity contribution in [3.63, 3.8) is 0 Å². The lowest BCUT2D eigenvalue weighted by Gasteiger charge is -2.10. The van der Waals surface area contributed by atoms with Gasteiger partial charge in [-0.05, 0) is 48.4 Å². The fourth-order valence-corrected chi connectivity index (χ4v) is 2.14. The van der Waals surface area contributed by atoms with E-state index < -0.39 is 23.6 Å². The van der Waals surface area contributed by atoms with Crippen LogP contribution in [0.5, 0.6) is 11.5 Å². The van der Waals surface area contributed by atoms with Gasteiger partial charge in [-0.25, -0.2) is 13.6 Å². The van der Waals surface area contributed by atoms with Crippen LogP contribution < -0.4 is 9.47 Å². The first-order chi connectivity index (χ1) is 11.9. The highest BCUT2D eigenvalue weighted by Crippen LogP contribution is 2.29. The van der Waals surface area contributed by atoms with Crippen LogP contribution in [0.25, 0.3) is 0 Å². The van der Waals surface area contributed by atoms with E-state index in [1.165, 1.54) is 32.4 Å². The molecule has 0 aliphatic heterocycles. The van der Waals surface area contributed by atoms with E-state index >= 15 is 0 Å². The Morgan fingerprint density at radius 1 is 1.00 bits per heavy atom. The van der Waals surface area contributed by atoms with Crippen molar-refractivity contribution in [1.29, 1.82) is 0 Å². The lowest BCUT2D eigenvalue weighted by molar-refractivity contribution is -0.134. The van der Waals surface area contributed by atoms with Crippen molar-refractivity contribution in [2.45, 2.75) is 12.8 Å². The smallest absolute Gasteiger partial charge is 0.337 e. The van der Waals surface area contributed by atoms with Gasteiger partial charge in [0.25, 0.3) is 0 Å². The minimum Gasteiger partial charge on any atom is -0.493 e. The number of methoxy groups -OCH3 is 2. The number of aryl methyl sites for hydroxylation is 1. The molecule has 0 aromatic heterocycles. The Morgan fingerprint density at radius 2 is 1.76 bits per heavy atom. The summed E-state index contributed by atoms with van der Waals surface area (Å²) in [6.45, 7) is 0. The third-order valence-electron chi connectivity index (χ3n) is 3.41. The van der Waals surface area contributed by atoms with Gasteiger partial charge < -0.3 is 14.2 Å². The molecule has 2 aromatic rings. The second-order valence-corrected chi connectivity index (χ2v) is 5.07. The molecule has 0 heterocycles. The van der Waals surface area contributed by atoms with Gasteiger partial charge in [0.05, 0.1) is 26.2 Å². The summed E-state index contributed by atoms with van der Waals surface area (Å²) < 4.78 is 41.5. The van der Waals surface area contributed by atoms with E-state index in [0.717, 1.165) is 18.2 Å². The molecular formula is C18H16F2O5. The summed E-state index contributed by atoms with van der Waals surface area (Å²) in [5.74, 6) is -2.09. The molecule has 0 aliphatic carbocycles. The Hall–Kier alpha value is -2.96. The summed E-state index contributed by atoms with van der Waals surface area (Å²) in [6, 6.07) is 7.24. The monoisotopic (exact) mass is 350 g/mol. The van der Waals surface area contributed by atoms with Crippen molar-refractivity contribution in [2.75, 3.05) is 14.2 Å². The van der Waals surface area contributed by atoms with Gasteiger partial charge in [0.2, 0.25) is 0 Å². The maximum atomic E-state index is 13.5. The number of hydrogen-bond donors (Lipinski definition) is 0. The highest BCUT2D eigenvalue weighted by Gasteiger charge is 2.15. The van der Waals surface area contributed by atoms with Crippen LogP contribution in [-0.2, 0) is 16.0 Å². The molecule has 0 radical (unpaired) electrons. The van der Waals surface area contributed by atoms with E-state index in [4.69, 9.17) is 9.47 Å². The Balaban J connectivity index is 2.05. The number of hydrogen-bond acceptors (Lipinski definition) is 5. The zero-order valence-electron chi connectivity index (χ0n) is 13.7. The molecule has 0 spiro atoms. The quantitative estimate of drug-likeness (QED) is 0.591. The van der Waals surface area contributed by atoms with Crippen LogP contribution in [0, 0.1) is 11.6 Å². The molecule has 0 saturated heterocycles. The van der Waals surface area contributed by atoms with E-state index in [1.807, 2.05) is 0 Å². The van der Waals surface area contributed by atoms with Crippen LogP contribution in [0.15, 0.2) is 36.4 Å². The molecule has 0 amide bonds. The van der Waals surface area contributed by atoms with Crippen molar-refractivity contribution in [3.8, 4) is 11.5 Å². The molecule has 0 aliphatic rings. The number of carbonyl (C=O) groups excluding carboxylic acids is 2. The molecule has 5 nitrogen and oxygen atoms in total. The van der Waals surface area contributed by atoms with Gasteiger partial charge in [0.15, 0.2) is 11.5 Å². The third-order valence-corrected chi connectivity index (χ3v) is 3.41. The Bertz CT molecular complexity index is 789. The van der Waals surface area contributed by atoms with E-state index in [9.17, 15) is 18.4 Å². The fraction of sp³-hybridized carbons (Fsp3) is 0.222. The van der Waals surface area contributed by atoms with Gasteiger partial charge in [-0.1, -0.05) is 0 Å². The number of halogens is 2. The molecule has 0 atom stereocenters. The Labute approximate surface area is 143 Å². The van der Waals surface area contributed by atoms with Crippen molar-refractivity contribution in [3.05, 3.63) is 59.2 Å². The standard InChI is InChI=1S/C18H16F2O5/c1-23-16-10-12(18(22)24-2)3-7-15(16)25-17(21)8-4-11-9-13(19)5-6-14(11)20/h3,5-7,9-10H,4,8H2,1-2H3. The van der Waals surface area contributed by atoms with Gasteiger partial charge in [0, 0.05) is 0 Å². The van der Waals surface area contributed by atoms with Gasteiger partial charge >= 0.3 is 11.9 Å². The maximum absolute atomic E-state index is 13.5. The Kier molecular flexibility index (Phi) is 6.05. The van der Waals surface area contributed by atoms with Gasteiger partial charge in [-0.3, -0.25) is 4.79 Å². The molecular weight excluding hydrogens is 334 g/mol. The van der Waals surface area contributed by atoms with Crippen LogP contribution in [0.4, 0.5) is 8.78 Å². The molecule has 132 valence electrons. The van der Waals surface area contributed by atoms with E-state index in [0.29, 0.717) is 0 Å². The highest BCUT2D eigenvalue weighted by molar-refractivity contribution is 5.90. The molecule has 2 rings (SSSR count). The first kappa shape index (κ1) is 18.4. The largest absolute Gasteiger partial charge is 0.493 e.